The van der Waals surface area contributed by atoms with Crippen molar-refractivity contribution in [2.24, 2.45) is 11.7 Å². The van der Waals surface area contributed by atoms with E-state index in [-0.39, 0.29) is 49.1 Å². The third-order valence-corrected chi connectivity index (χ3v) is 3.79. The quantitative estimate of drug-likeness (QED) is 0.860. The summed E-state index contributed by atoms with van der Waals surface area (Å²) in [6.07, 6.45) is -4.45. The van der Waals surface area contributed by atoms with Crippen molar-refractivity contribution in [3.8, 4) is 0 Å². The van der Waals surface area contributed by atoms with Crippen molar-refractivity contribution in [2.75, 3.05) is 18.4 Å². The molecule has 1 aromatic carbocycles. The van der Waals surface area contributed by atoms with Gasteiger partial charge in [-0.15, -0.1) is 12.4 Å². The minimum Gasteiger partial charge on any atom is -0.342 e. The lowest BCUT2D eigenvalue weighted by Crippen LogP contribution is -2.28. The highest BCUT2D eigenvalue weighted by molar-refractivity contribution is 5.97. The zero-order chi connectivity index (χ0) is 17.2. The number of benzene rings is 1. The van der Waals surface area contributed by atoms with Crippen molar-refractivity contribution in [1.82, 2.24) is 4.90 Å². The molecule has 3 N–H and O–H groups in total. The number of hydrogen-bond acceptors (Lipinski definition) is 3. The smallest absolute Gasteiger partial charge is 0.342 e. The van der Waals surface area contributed by atoms with Crippen molar-refractivity contribution in [1.29, 1.82) is 0 Å². The predicted octanol–water partition coefficient (Wildman–Crippen LogP) is 2.39. The molecule has 134 valence electrons. The van der Waals surface area contributed by atoms with E-state index in [4.69, 9.17) is 5.73 Å². The standard InChI is InChI=1S/C15H18F3N3O2.ClH/c1-2-21-8-10(5-13(21)22)14(23)20-12-4-9(7-19)3-11(6-12)15(16,17)18;/h3-4,6,10H,2,5,7-8,19H2,1H3,(H,20,23);1H. The predicted molar refractivity (Wildman–Crippen MR) is 85.6 cm³/mol. The molecule has 24 heavy (non-hydrogen) atoms. The molecular weight excluding hydrogens is 347 g/mol. The van der Waals surface area contributed by atoms with Crippen molar-refractivity contribution in [3.05, 3.63) is 29.3 Å². The summed E-state index contributed by atoms with van der Waals surface area (Å²) in [7, 11) is 0. The second-order valence-electron chi connectivity index (χ2n) is 5.44. The van der Waals surface area contributed by atoms with Gasteiger partial charge < -0.3 is 16.0 Å². The average molecular weight is 366 g/mol. The number of likely N-dealkylation sites (tertiary alicyclic amines) is 1. The van der Waals surface area contributed by atoms with Gasteiger partial charge in [0.25, 0.3) is 0 Å². The van der Waals surface area contributed by atoms with E-state index in [1.807, 2.05) is 0 Å². The maximum atomic E-state index is 12.9. The molecule has 1 unspecified atom stereocenters. The Bertz CT molecular complexity index is 622. The topological polar surface area (TPSA) is 75.4 Å². The van der Waals surface area contributed by atoms with Crippen molar-refractivity contribution in [3.63, 3.8) is 0 Å². The fourth-order valence-electron chi connectivity index (χ4n) is 2.54. The minimum absolute atomic E-state index is 0. The molecule has 2 rings (SSSR count). The van der Waals surface area contributed by atoms with Crippen LogP contribution >= 0.6 is 12.4 Å². The first-order valence-electron chi connectivity index (χ1n) is 7.24. The number of nitrogens with one attached hydrogen (secondary N) is 1. The van der Waals surface area contributed by atoms with Crippen molar-refractivity contribution < 1.29 is 22.8 Å². The summed E-state index contributed by atoms with van der Waals surface area (Å²) < 4.78 is 38.6. The summed E-state index contributed by atoms with van der Waals surface area (Å²) in [6, 6.07) is 3.22. The Morgan fingerprint density at radius 3 is 2.54 bits per heavy atom. The van der Waals surface area contributed by atoms with Gasteiger partial charge in [0.2, 0.25) is 11.8 Å². The molecule has 9 heteroatoms. The van der Waals surface area contributed by atoms with Crippen LogP contribution in [0.25, 0.3) is 0 Å². The first-order valence-corrected chi connectivity index (χ1v) is 7.24. The molecule has 0 spiro atoms. The van der Waals surface area contributed by atoms with Gasteiger partial charge in [0.15, 0.2) is 0 Å². The van der Waals surface area contributed by atoms with E-state index in [0.717, 1.165) is 12.1 Å². The number of anilines is 1. The first kappa shape index (κ1) is 20.2. The molecule has 1 aliphatic rings. The van der Waals surface area contributed by atoms with Crippen LogP contribution < -0.4 is 11.1 Å². The molecule has 0 bridgehead atoms. The van der Waals surface area contributed by atoms with Gasteiger partial charge in [0, 0.05) is 31.7 Å². The lowest BCUT2D eigenvalue weighted by Gasteiger charge is -2.15. The molecule has 1 aromatic rings. The number of halogens is 4. The van der Waals surface area contributed by atoms with Crippen LogP contribution in [0.2, 0.25) is 0 Å². The van der Waals surface area contributed by atoms with Crippen LogP contribution in [0.3, 0.4) is 0 Å². The fraction of sp³-hybridized carbons (Fsp3) is 0.467. The van der Waals surface area contributed by atoms with Crippen LogP contribution in [0, 0.1) is 5.92 Å². The number of nitrogens with zero attached hydrogens (tertiary/aromatic N) is 1. The van der Waals surface area contributed by atoms with E-state index in [1.54, 1.807) is 11.8 Å². The summed E-state index contributed by atoms with van der Waals surface area (Å²) in [4.78, 5) is 25.4. The number of hydrogen-bond donors (Lipinski definition) is 2. The van der Waals surface area contributed by atoms with Gasteiger partial charge in [-0.25, -0.2) is 0 Å². The maximum absolute atomic E-state index is 12.9. The van der Waals surface area contributed by atoms with Crippen LogP contribution in [0.4, 0.5) is 18.9 Å². The number of nitrogens with two attached hydrogens (primary N) is 1. The van der Waals surface area contributed by atoms with Gasteiger partial charge in [-0.3, -0.25) is 9.59 Å². The molecule has 2 amide bonds. The van der Waals surface area contributed by atoms with E-state index < -0.39 is 23.6 Å². The highest BCUT2D eigenvalue weighted by atomic mass is 35.5. The lowest BCUT2D eigenvalue weighted by molar-refractivity contribution is -0.137. The van der Waals surface area contributed by atoms with E-state index in [9.17, 15) is 22.8 Å². The molecular formula is C15H19ClF3N3O2. The molecule has 1 saturated heterocycles. The molecule has 5 nitrogen and oxygen atoms in total. The van der Waals surface area contributed by atoms with Crippen molar-refractivity contribution in [2.45, 2.75) is 26.1 Å². The minimum atomic E-state index is -4.52. The molecule has 0 aliphatic carbocycles. The van der Waals surface area contributed by atoms with Crippen LogP contribution in [-0.4, -0.2) is 29.8 Å². The Hall–Kier alpha value is -1.80. The molecule has 1 atom stereocenters. The molecule has 1 heterocycles. The molecule has 1 fully saturated rings. The lowest BCUT2D eigenvalue weighted by atomic mass is 10.1. The SMILES string of the molecule is CCN1CC(C(=O)Nc2cc(CN)cc(C(F)(F)F)c2)CC1=O.Cl. The molecule has 1 aliphatic heterocycles. The molecule has 0 saturated carbocycles. The van der Waals surface area contributed by atoms with E-state index in [2.05, 4.69) is 5.32 Å². The van der Waals surface area contributed by atoms with Gasteiger partial charge in [-0.1, -0.05) is 0 Å². The maximum Gasteiger partial charge on any atom is 0.416 e. The van der Waals surface area contributed by atoms with Crippen molar-refractivity contribution >= 4 is 29.9 Å². The van der Waals surface area contributed by atoms with Gasteiger partial charge in [-0.2, -0.15) is 13.2 Å². The highest BCUT2D eigenvalue weighted by Gasteiger charge is 2.34. The number of alkyl halides is 3. The average Bonchev–Trinajstić information content (AvgIpc) is 2.87. The Kier molecular flexibility index (Phi) is 6.62. The number of carbonyl (C=O) groups excluding carboxylic acids is 2. The number of rotatable bonds is 4. The Morgan fingerprint density at radius 1 is 1.38 bits per heavy atom. The van der Waals surface area contributed by atoms with Gasteiger partial charge in [0.1, 0.15) is 0 Å². The Morgan fingerprint density at radius 2 is 2.04 bits per heavy atom. The monoisotopic (exact) mass is 365 g/mol. The van der Waals surface area contributed by atoms with E-state index in [0.29, 0.717) is 6.54 Å². The summed E-state index contributed by atoms with van der Waals surface area (Å²) >= 11 is 0. The van der Waals surface area contributed by atoms with Crippen LogP contribution in [-0.2, 0) is 22.3 Å². The van der Waals surface area contributed by atoms with Crippen LogP contribution in [0.1, 0.15) is 24.5 Å². The highest BCUT2D eigenvalue weighted by Crippen LogP contribution is 2.32. The van der Waals surface area contributed by atoms with E-state index >= 15 is 0 Å². The number of amides is 2. The largest absolute Gasteiger partial charge is 0.416 e. The van der Waals surface area contributed by atoms with Gasteiger partial charge in [-0.05, 0) is 30.7 Å². The van der Waals surface area contributed by atoms with Crippen LogP contribution in [0.5, 0.6) is 0 Å². The number of carbonyl (C=O) groups is 2. The zero-order valence-electron chi connectivity index (χ0n) is 13.0. The third kappa shape index (κ3) is 4.61. The van der Waals surface area contributed by atoms with Crippen LogP contribution in [0.15, 0.2) is 18.2 Å². The second-order valence-corrected chi connectivity index (χ2v) is 5.44. The second kappa shape index (κ2) is 7.85. The molecule has 0 radical (unpaired) electrons. The van der Waals surface area contributed by atoms with Gasteiger partial charge >= 0.3 is 6.18 Å². The fourth-order valence-corrected chi connectivity index (χ4v) is 2.54. The summed E-state index contributed by atoms with van der Waals surface area (Å²) in [5, 5.41) is 2.46. The third-order valence-electron chi connectivity index (χ3n) is 3.79. The first-order chi connectivity index (χ1) is 10.7. The normalized spacial score (nSPS) is 17.6. The zero-order valence-corrected chi connectivity index (χ0v) is 13.8. The van der Waals surface area contributed by atoms with E-state index in [1.165, 1.54) is 6.07 Å². The molecule has 0 aromatic heterocycles. The summed E-state index contributed by atoms with van der Waals surface area (Å²) in [5.74, 6) is -1.14. The summed E-state index contributed by atoms with van der Waals surface area (Å²) in [6.45, 7) is 2.52. The Balaban J connectivity index is 0.00000288. The van der Waals surface area contributed by atoms with Gasteiger partial charge in [0.05, 0.1) is 11.5 Å². The summed E-state index contributed by atoms with van der Waals surface area (Å²) in [5.41, 5.74) is 4.85. The Labute approximate surface area is 143 Å².